The van der Waals surface area contributed by atoms with E-state index in [2.05, 4.69) is 40.7 Å². The van der Waals surface area contributed by atoms with E-state index in [0.29, 0.717) is 86.1 Å². The van der Waals surface area contributed by atoms with Crippen molar-refractivity contribution in [3.05, 3.63) is 170 Å². The Morgan fingerprint density at radius 2 is 1.11 bits per heavy atom. The molecule has 2 fully saturated rings. The van der Waals surface area contributed by atoms with Gasteiger partial charge in [-0.25, -0.2) is 9.97 Å². The first kappa shape index (κ1) is 48.3. The first-order chi connectivity index (χ1) is 34.3. The van der Waals surface area contributed by atoms with E-state index in [1.54, 1.807) is 18.2 Å². The lowest BCUT2D eigenvalue weighted by atomic mass is 9.95. The standard InChI is InChI=1S/C56H52Cl2N6O6/c1-36-41(34-69-53-26-51(67-32-39-8-2-6-37(22-39)28-59)42(24-49(53)57)30-61-44-14-18-65-19-15-44)10-4-11-46(36)47-12-5-13-48-55(47)63-35-64-56(48)70-54-27-52(68-33-40-9-3-7-38(23-40)29-60)43(25-50(54)58)31-62-45-16-20-66-21-17-45/h2-13,22-27,35,44-45,61-62H,14-21,30-34H2,1H3. The molecular formula is C56H52Cl2N6O6. The minimum Gasteiger partial charge on any atom is -0.488 e. The number of halogens is 2. The monoisotopic (exact) mass is 974 g/mol. The van der Waals surface area contributed by atoms with E-state index in [4.69, 9.17) is 56.6 Å². The number of hydrogen-bond donors (Lipinski definition) is 2. The van der Waals surface area contributed by atoms with Crippen molar-refractivity contribution >= 4 is 34.1 Å². The predicted molar refractivity (Wildman–Crippen MR) is 269 cm³/mol. The molecule has 9 rings (SSSR count). The lowest BCUT2D eigenvalue weighted by molar-refractivity contribution is 0.0774. The fraction of sp³-hybridized carbons (Fsp3) is 0.286. The second kappa shape index (κ2) is 23.2. The zero-order valence-electron chi connectivity index (χ0n) is 38.8. The van der Waals surface area contributed by atoms with Gasteiger partial charge in [-0.15, -0.1) is 0 Å². The second-order valence-electron chi connectivity index (χ2n) is 17.4. The van der Waals surface area contributed by atoms with Gasteiger partial charge < -0.3 is 39.1 Å². The number of hydrogen-bond acceptors (Lipinski definition) is 12. The van der Waals surface area contributed by atoms with Crippen molar-refractivity contribution in [1.29, 1.82) is 10.5 Å². The Balaban J connectivity index is 0.953. The first-order valence-electron chi connectivity index (χ1n) is 23.5. The van der Waals surface area contributed by atoms with Crippen LogP contribution in [0, 0.1) is 29.6 Å². The predicted octanol–water partition coefficient (Wildman–Crippen LogP) is 11.7. The molecule has 0 spiro atoms. The van der Waals surface area contributed by atoms with Crippen molar-refractivity contribution in [2.24, 2.45) is 0 Å². The maximum absolute atomic E-state index is 9.48. The van der Waals surface area contributed by atoms with Gasteiger partial charge in [0, 0.05) is 80.4 Å². The molecule has 2 aliphatic rings. The van der Waals surface area contributed by atoms with Crippen molar-refractivity contribution in [2.45, 2.75) is 77.6 Å². The number of rotatable bonds is 18. The highest BCUT2D eigenvalue weighted by molar-refractivity contribution is 6.32. The van der Waals surface area contributed by atoms with Gasteiger partial charge in [0.1, 0.15) is 43.4 Å². The summed E-state index contributed by atoms with van der Waals surface area (Å²) in [6.45, 7) is 6.82. The van der Waals surface area contributed by atoms with Gasteiger partial charge in [0.2, 0.25) is 5.88 Å². The molecule has 0 amide bonds. The van der Waals surface area contributed by atoms with Crippen LogP contribution >= 0.6 is 23.2 Å². The van der Waals surface area contributed by atoms with Crippen LogP contribution in [-0.4, -0.2) is 48.5 Å². The van der Waals surface area contributed by atoms with Gasteiger partial charge >= 0.3 is 0 Å². The summed E-state index contributed by atoms with van der Waals surface area (Å²) in [5, 5.41) is 27.8. The summed E-state index contributed by atoms with van der Waals surface area (Å²) in [4.78, 5) is 9.35. The maximum atomic E-state index is 9.48. The van der Waals surface area contributed by atoms with Gasteiger partial charge in [-0.05, 0) is 103 Å². The third-order valence-electron chi connectivity index (χ3n) is 12.7. The topological polar surface area (TPSA) is 153 Å². The largest absolute Gasteiger partial charge is 0.488 e. The third-order valence-corrected chi connectivity index (χ3v) is 13.3. The number of aromatic nitrogens is 2. The van der Waals surface area contributed by atoms with Crippen molar-refractivity contribution in [3.8, 4) is 52.1 Å². The summed E-state index contributed by atoms with van der Waals surface area (Å²) in [5.74, 6) is 2.45. The third kappa shape index (κ3) is 12.0. The minimum absolute atomic E-state index is 0.240. The van der Waals surface area contributed by atoms with E-state index in [9.17, 15) is 10.5 Å². The van der Waals surface area contributed by atoms with Gasteiger partial charge in [-0.1, -0.05) is 77.8 Å². The van der Waals surface area contributed by atoms with E-state index in [0.717, 1.165) is 96.6 Å². The van der Waals surface area contributed by atoms with Crippen molar-refractivity contribution in [3.63, 3.8) is 0 Å². The number of benzene rings is 6. The molecule has 1 aromatic heterocycles. The molecule has 0 unspecified atom stereocenters. The number of nitriles is 2. The Hall–Kier alpha value is -6.74. The molecule has 6 aromatic carbocycles. The van der Waals surface area contributed by atoms with E-state index >= 15 is 0 Å². The molecule has 2 saturated heterocycles. The summed E-state index contributed by atoms with van der Waals surface area (Å²) in [6.07, 6.45) is 5.21. The number of ether oxygens (including phenoxy) is 6. The maximum Gasteiger partial charge on any atom is 0.230 e. The van der Waals surface area contributed by atoms with Crippen molar-refractivity contribution in [2.75, 3.05) is 26.4 Å². The van der Waals surface area contributed by atoms with Crippen LogP contribution < -0.4 is 29.6 Å². The summed E-state index contributed by atoms with van der Waals surface area (Å²) in [7, 11) is 0. The Labute approximate surface area is 418 Å². The number of nitrogens with one attached hydrogen (secondary N) is 2. The van der Waals surface area contributed by atoms with Crippen LogP contribution in [0.2, 0.25) is 10.0 Å². The lowest BCUT2D eigenvalue weighted by Gasteiger charge is -2.24. The molecule has 12 nitrogen and oxygen atoms in total. The van der Waals surface area contributed by atoms with E-state index in [1.165, 1.54) is 6.33 Å². The summed E-state index contributed by atoms with van der Waals surface area (Å²) in [6, 6.07) is 39.3. The van der Waals surface area contributed by atoms with Gasteiger partial charge in [-0.2, -0.15) is 10.5 Å². The highest BCUT2D eigenvalue weighted by atomic mass is 35.5. The van der Waals surface area contributed by atoms with Gasteiger partial charge in [-0.3, -0.25) is 0 Å². The van der Waals surface area contributed by atoms with Crippen molar-refractivity contribution in [1.82, 2.24) is 20.6 Å². The quantitative estimate of drug-likeness (QED) is 0.0841. The molecule has 3 heterocycles. The van der Waals surface area contributed by atoms with E-state index in [-0.39, 0.29) is 19.8 Å². The van der Waals surface area contributed by atoms with Gasteiger partial charge in [0.25, 0.3) is 0 Å². The van der Waals surface area contributed by atoms with Crippen LogP contribution in [0.4, 0.5) is 0 Å². The molecule has 14 heteroatoms. The van der Waals surface area contributed by atoms with Crippen LogP contribution in [0.3, 0.4) is 0 Å². The molecular weight excluding hydrogens is 924 g/mol. The fourth-order valence-corrected chi connectivity index (χ4v) is 9.20. The van der Waals surface area contributed by atoms with Gasteiger partial charge in [0.05, 0.1) is 44.2 Å². The Morgan fingerprint density at radius 1 is 0.586 bits per heavy atom. The molecule has 0 saturated carbocycles. The molecule has 0 radical (unpaired) electrons. The van der Waals surface area contributed by atoms with Crippen LogP contribution in [0.25, 0.3) is 22.0 Å². The minimum atomic E-state index is 0.240. The van der Waals surface area contributed by atoms with Crippen LogP contribution in [0.5, 0.6) is 28.9 Å². The molecule has 7 aromatic rings. The molecule has 356 valence electrons. The molecule has 0 bridgehead atoms. The number of nitrogens with zero attached hydrogens (tertiary/aromatic N) is 4. The summed E-state index contributed by atoms with van der Waals surface area (Å²) < 4.78 is 37.0. The zero-order chi connectivity index (χ0) is 48.2. The van der Waals surface area contributed by atoms with Crippen LogP contribution in [0.15, 0.2) is 116 Å². The highest BCUT2D eigenvalue weighted by Crippen LogP contribution is 2.40. The van der Waals surface area contributed by atoms with E-state index < -0.39 is 0 Å². The average Bonchev–Trinajstić information content (AvgIpc) is 3.40. The molecule has 2 aliphatic heterocycles. The Kier molecular flexibility index (Phi) is 16.0. The molecule has 0 atom stereocenters. The summed E-state index contributed by atoms with van der Waals surface area (Å²) in [5.41, 5.74) is 9.19. The van der Waals surface area contributed by atoms with Gasteiger partial charge in [0.15, 0.2) is 5.75 Å². The molecule has 70 heavy (non-hydrogen) atoms. The van der Waals surface area contributed by atoms with Crippen LogP contribution in [0.1, 0.15) is 70.2 Å². The average molecular weight is 976 g/mol. The fourth-order valence-electron chi connectivity index (χ4n) is 8.73. The first-order valence-corrected chi connectivity index (χ1v) is 24.2. The van der Waals surface area contributed by atoms with Crippen molar-refractivity contribution < 1.29 is 28.4 Å². The number of para-hydroxylation sites is 1. The molecule has 0 aliphatic carbocycles. The normalized spacial score (nSPS) is 14.2. The smallest absolute Gasteiger partial charge is 0.230 e. The second-order valence-corrected chi connectivity index (χ2v) is 18.2. The van der Waals surface area contributed by atoms with E-state index in [1.807, 2.05) is 84.9 Å². The summed E-state index contributed by atoms with van der Waals surface area (Å²) >= 11 is 13.9. The Bertz CT molecular complexity index is 3050. The molecule has 2 N–H and O–H groups in total. The zero-order valence-corrected chi connectivity index (χ0v) is 40.3. The highest BCUT2D eigenvalue weighted by Gasteiger charge is 2.21. The number of fused-ring (bicyclic) bond motifs is 1. The lowest BCUT2D eigenvalue weighted by Crippen LogP contribution is -2.34. The SMILES string of the molecule is Cc1c(COc2cc(OCc3cccc(C#N)c3)c(CNC3CCOCC3)cc2Cl)cccc1-c1cccc2c(Oc3cc(OCc4cccc(C#N)c4)c(CNC4CCOCC4)cc3Cl)ncnc12. The Morgan fingerprint density at radius 3 is 1.71 bits per heavy atom. The van der Waals surface area contributed by atoms with Crippen LogP contribution in [-0.2, 0) is 42.4 Å².